The van der Waals surface area contributed by atoms with Gasteiger partial charge >= 0.3 is 0 Å². The van der Waals surface area contributed by atoms with Gasteiger partial charge in [-0.05, 0) is 32.7 Å². The van der Waals surface area contributed by atoms with Crippen molar-refractivity contribution in [1.82, 2.24) is 10.4 Å². The number of amides is 1. The van der Waals surface area contributed by atoms with Gasteiger partial charge in [-0.25, -0.2) is 5.48 Å². The highest BCUT2D eigenvalue weighted by Gasteiger charge is 2.18. The van der Waals surface area contributed by atoms with Crippen LogP contribution in [0.25, 0.3) is 0 Å². The summed E-state index contributed by atoms with van der Waals surface area (Å²) in [5, 5.41) is 0. The maximum absolute atomic E-state index is 11.9. The maximum atomic E-state index is 11.9. The molecule has 23 heavy (non-hydrogen) atoms. The average molecular weight is 318 g/mol. The minimum absolute atomic E-state index is 0.101. The lowest BCUT2D eigenvalue weighted by molar-refractivity contribution is -0.140. The van der Waals surface area contributed by atoms with Gasteiger partial charge in [-0.15, -0.1) is 0 Å². The van der Waals surface area contributed by atoms with Crippen molar-refractivity contribution >= 4 is 11.7 Å². The number of hydrogen-bond acceptors (Lipinski definition) is 4. The van der Waals surface area contributed by atoms with E-state index in [4.69, 9.17) is 4.84 Å². The second-order valence-electron chi connectivity index (χ2n) is 6.14. The molecule has 2 rings (SSSR count). The van der Waals surface area contributed by atoms with Crippen LogP contribution in [0.5, 0.6) is 0 Å². The zero-order chi connectivity index (χ0) is 16.5. The maximum Gasteiger partial charge on any atom is 0.243 e. The van der Waals surface area contributed by atoms with Crippen LogP contribution in [0.3, 0.4) is 0 Å². The molecule has 126 valence electrons. The average Bonchev–Trinajstić information content (AvgIpc) is 2.59. The molecule has 0 unspecified atom stereocenters. The molecule has 1 fully saturated rings. The Labute approximate surface area is 138 Å². The van der Waals surface area contributed by atoms with Crippen LogP contribution in [-0.2, 0) is 9.63 Å². The molecule has 0 radical (unpaired) electrons. The van der Waals surface area contributed by atoms with Crippen LogP contribution >= 0.6 is 0 Å². The number of unbranched alkanes of at least 4 members (excludes halogenated alkanes) is 1. The standard InChI is InChI=1S/C18H26N2O3/c1-20-13-11-16(12-14-20)23-19-18(22)10-6-5-9-17(21)15-7-3-2-4-8-15/h2-4,7-8,16H,5-6,9-14H2,1H3,(H,19,22). The first kappa shape index (κ1) is 17.6. The Kier molecular flexibility index (Phi) is 7.23. The first-order chi connectivity index (χ1) is 11.1. The first-order valence-electron chi connectivity index (χ1n) is 8.36. The SMILES string of the molecule is CN1CCC(ONC(=O)CCCCC(=O)c2ccccc2)CC1. The van der Waals surface area contributed by atoms with E-state index in [0.29, 0.717) is 19.3 Å². The van der Waals surface area contributed by atoms with Crippen molar-refractivity contribution in [2.75, 3.05) is 20.1 Å². The summed E-state index contributed by atoms with van der Waals surface area (Å²) in [6.07, 6.45) is 4.30. The molecule has 1 N–H and O–H groups in total. The number of piperidine rings is 1. The minimum Gasteiger partial charge on any atom is -0.306 e. The van der Waals surface area contributed by atoms with E-state index >= 15 is 0 Å². The third-order valence-corrected chi connectivity index (χ3v) is 4.16. The number of carbonyl (C=O) groups excluding carboxylic acids is 2. The van der Waals surface area contributed by atoms with E-state index in [-0.39, 0.29) is 17.8 Å². The zero-order valence-electron chi connectivity index (χ0n) is 13.8. The summed E-state index contributed by atoms with van der Waals surface area (Å²) < 4.78 is 0. The number of benzene rings is 1. The lowest BCUT2D eigenvalue weighted by Gasteiger charge is -2.28. The van der Waals surface area contributed by atoms with Crippen LogP contribution < -0.4 is 5.48 Å². The molecule has 0 aromatic heterocycles. The van der Waals surface area contributed by atoms with Gasteiger partial charge in [0.2, 0.25) is 5.91 Å². The summed E-state index contributed by atoms with van der Waals surface area (Å²) in [6.45, 7) is 2.00. The summed E-state index contributed by atoms with van der Waals surface area (Å²) in [5.41, 5.74) is 3.28. The summed E-state index contributed by atoms with van der Waals surface area (Å²) >= 11 is 0. The summed E-state index contributed by atoms with van der Waals surface area (Å²) in [7, 11) is 2.09. The number of nitrogens with one attached hydrogen (secondary N) is 1. The Hall–Kier alpha value is -1.72. The van der Waals surface area contributed by atoms with Gasteiger partial charge in [0, 0.05) is 31.5 Å². The normalized spacial score (nSPS) is 16.2. The van der Waals surface area contributed by atoms with Crippen molar-refractivity contribution in [3.8, 4) is 0 Å². The number of ketones is 1. The fraction of sp³-hybridized carbons (Fsp3) is 0.556. The van der Waals surface area contributed by atoms with E-state index in [1.807, 2.05) is 30.3 Å². The monoisotopic (exact) mass is 318 g/mol. The Balaban J connectivity index is 1.54. The Bertz CT molecular complexity index is 496. The van der Waals surface area contributed by atoms with Crippen LogP contribution in [0.1, 0.15) is 48.9 Å². The molecule has 5 nitrogen and oxygen atoms in total. The van der Waals surface area contributed by atoms with E-state index < -0.39 is 0 Å². The predicted octanol–water partition coefficient (Wildman–Crippen LogP) is 2.57. The number of hydroxylamine groups is 1. The molecule has 1 aromatic carbocycles. The fourth-order valence-corrected chi connectivity index (χ4v) is 2.64. The Morgan fingerprint density at radius 1 is 1.13 bits per heavy atom. The van der Waals surface area contributed by atoms with Crippen molar-refractivity contribution in [2.45, 2.75) is 44.6 Å². The molecule has 0 aliphatic carbocycles. The van der Waals surface area contributed by atoms with Crippen molar-refractivity contribution in [3.05, 3.63) is 35.9 Å². The summed E-state index contributed by atoms with van der Waals surface area (Å²) in [6, 6.07) is 9.27. The molecule has 0 saturated carbocycles. The van der Waals surface area contributed by atoms with Gasteiger partial charge in [0.25, 0.3) is 0 Å². The van der Waals surface area contributed by atoms with Crippen LogP contribution in [0.2, 0.25) is 0 Å². The molecule has 5 heteroatoms. The van der Waals surface area contributed by atoms with Crippen LogP contribution in [0, 0.1) is 0 Å². The number of carbonyl (C=O) groups is 2. The minimum atomic E-state index is -0.101. The number of nitrogens with zero attached hydrogens (tertiary/aromatic N) is 1. The highest BCUT2D eigenvalue weighted by atomic mass is 16.7. The second kappa shape index (κ2) is 9.43. The predicted molar refractivity (Wildman–Crippen MR) is 89.0 cm³/mol. The van der Waals surface area contributed by atoms with Crippen LogP contribution in [0.15, 0.2) is 30.3 Å². The molecule has 1 heterocycles. The molecular weight excluding hydrogens is 292 g/mol. The van der Waals surface area contributed by atoms with E-state index in [0.717, 1.165) is 37.9 Å². The van der Waals surface area contributed by atoms with E-state index in [9.17, 15) is 9.59 Å². The van der Waals surface area contributed by atoms with Gasteiger partial charge in [0.05, 0.1) is 6.10 Å². The summed E-state index contributed by atoms with van der Waals surface area (Å²) in [5.74, 6) is 0.0321. The van der Waals surface area contributed by atoms with E-state index in [1.165, 1.54) is 0 Å². The quantitative estimate of drug-likeness (QED) is 0.455. The van der Waals surface area contributed by atoms with Crippen LogP contribution in [0.4, 0.5) is 0 Å². The molecular formula is C18H26N2O3. The number of Topliss-reactive ketones (excluding diaryl/α,β-unsaturated/α-hetero) is 1. The third kappa shape index (κ3) is 6.50. The lowest BCUT2D eigenvalue weighted by atomic mass is 10.0. The zero-order valence-corrected chi connectivity index (χ0v) is 13.8. The molecule has 1 amide bonds. The van der Waals surface area contributed by atoms with Crippen molar-refractivity contribution in [1.29, 1.82) is 0 Å². The van der Waals surface area contributed by atoms with Gasteiger partial charge in [0.15, 0.2) is 5.78 Å². The molecule has 1 aromatic rings. The molecule has 0 spiro atoms. The largest absolute Gasteiger partial charge is 0.306 e. The first-order valence-corrected chi connectivity index (χ1v) is 8.36. The number of rotatable bonds is 8. The number of likely N-dealkylation sites (tertiary alicyclic amines) is 1. The lowest BCUT2D eigenvalue weighted by Crippen LogP contribution is -2.38. The highest BCUT2D eigenvalue weighted by Crippen LogP contribution is 2.11. The van der Waals surface area contributed by atoms with E-state index in [2.05, 4.69) is 17.4 Å². The van der Waals surface area contributed by atoms with E-state index in [1.54, 1.807) is 0 Å². The topological polar surface area (TPSA) is 58.6 Å². The Morgan fingerprint density at radius 3 is 2.48 bits per heavy atom. The van der Waals surface area contributed by atoms with Crippen molar-refractivity contribution in [3.63, 3.8) is 0 Å². The fourth-order valence-electron chi connectivity index (χ4n) is 2.64. The third-order valence-electron chi connectivity index (χ3n) is 4.16. The molecule has 0 bridgehead atoms. The van der Waals surface area contributed by atoms with Gasteiger partial charge in [0.1, 0.15) is 0 Å². The van der Waals surface area contributed by atoms with Crippen LogP contribution in [-0.4, -0.2) is 42.8 Å². The van der Waals surface area contributed by atoms with Gasteiger partial charge in [-0.3, -0.25) is 14.4 Å². The van der Waals surface area contributed by atoms with Gasteiger partial charge in [-0.2, -0.15) is 0 Å². The molecule has 1 aliphatic heterocycles. The summed E-state index contributed by atoms with van der Waals surface area (Å²) in [4.78, 5) is 31.4. The van der Waals surface area contributed by atoms with Crippen molar-refractivity contribution < 1.29 is 14.4 Å². The highest BCUT2D eigenvalue weighted by molar-refractivity contribution is 5.95. The van der Waals surface area contributed by atoms with Gasteiger partial charge in [-0.1, -0.05) is 30.3 Å². The molecule has 0 atom stereocenters. The van der Waals surface area contributed by atoms with Crippen molar-refractivity contribution in [2.24, 2.45) is 0 Å². The Morgan fingerprint density at radius 2 is 1.78 bits per heavy atom. The number of hydrogen-bond donors (Lipinski definition) is 1. The molecule has 1 aliphatic rings. The molecule has 1 saturated heterocycles. The second-order valence-corrected chi connectivity index (χ2v) is 6.14. The smallest absolute Gasteiger partial charge is 0.243 e. The van der Waals surface area contributed by atoms with Gasteiger partial charge < -0.3 is 4.90 Å².